The van der Waals surface area contributed by atoms with E-state index in [4.69, 9.17) is 4.74 Å². The molecule has 1 aromatic carbocycles. The van der Waals surface area contributed by atoms with Crippen molar-refractivity contribution in [2.24, 2.45) is 0 Å². The number of pyridine rings is 1. The van der Waals surface area contributed by atoms with E-state index in [1.165, 1.54) is 11.3 Å². The third kappa shape index (κ3) is 3.84. The molecule has 2 unspecified atom stereocenters. The summed E-state index contributed by atoms with van der Waals surface area (Å²) in [6.45, 7) is 2.31. The molecule has 0 bridgehead atoms. The molecule has 2 N–H and O–H groups in total. The van der Waals surface area contributed by atoms with E-state index in [1.54, 1.807) is 4.90 Å². The van der Waals surface area contributed by atoms with Gasteiger partial charge in [0.15, 0.2) is 0 Å². The number of aliphatic hydroxyl groups is 1. The maximum atomic E-state index is 13.0. The fourth-order valence-electron chi connectivity index (χ4n) is 6.03. The smallest absolute Gasteiger partial charge is 0.255 e. The SMILES string of the molecule is O=C1NC(O)CCC1N1Cc2cc(O[C@H]3CCC[C@@H]3N3CCc4ncccc4C3)ccc2C1=O. The van der Waals surface area contributed by atoms with Crippen LogP contribution in [0.5, 0.6) is 5.75 Å². The van der Waals surface area contributed by atoms with Crippen molar-refractivity contribution in [1.82, 2.24) is 20.1 Å². The Kier molecular flexibility index (Phi) is 5.50. The summed E-state index contributed by atoms with van der Waals surface area (Å²) in [7, 11) is 0. The average molecular weight is 463 g/mol. The first-order valence-corrected chi connectivity index (χ1v) is 12.3. The number of fused-ring (bicyclic) bond motifs is 2. The van der Waals surface area contributed by atoms with E-state index in [2.05, 4.69) is 21.3 Å². The number of nitrogens with zero attached hydrogens (tertiary/aromatic N) is 3. The van der Waals surface area contributed by atoms with Crippen LogP contribution >= 0.6 is 0 Å². The molecular formula is C26H30N4O4. The second kappa shape index (κ2) is 8.67. The lowest BCUT2D eigenvalue weighted by molar-refractivity contribution is -0.132. The van der Waals surface area contributed by atoms with E-state index in [-0.39, 0.29) is 17.9 Å². The van der Waals surface area contributed by atoms with Crippen molar-refractivity contribution in [2.45, 2.75) is 76.0 Å². The summed E-state index contributed by atoms with van der Waals surface area (Å²) in [6, 6.07) is 9.70. The van der Waals surface area contributed by atoms with Gasteiger partial charge in [-0.2, -0.15) is 0 Å². The Morgan fingerprint density at radius 1 is 1.06 bits per heavy atom. The Balaban J connectivity index is 1.15. The number of benzene rings is 1. The average Bonchev–Trinajstić information content (AvgIpc) is 3.43. The lowest BCUT2D eigenvalue weighted by Crippen LogP contribution is -2.54. The van der Waals surface area contributed by atoms with Crippen molar-refractivity contribution < 1.29 is 19.4 Å². The molecule has 2 aromatic rings. The van der Waals surface area contributed by atoms with Gasteiger partial charge in [-0.1, -0.05) is 6.07 Å². The van der Waals surface area contributed by atoms with Gasteiger partial charge in [-0.15, -0.1) is 0 Å². The Labute approximate surface area is 198 Å². The van der Waals surface area contributed by atoms with E-state index in [0.717, 1.165) is 50.1 Å². The summed E-state index contributed by atoms with van der Waals surface area (Å²) in [6.07, 6.45) is 6.35. The van der Waals surface area contributed by atoms with Crippen molar-refractivity contribution >= 4 is 11.8 Å². The molecule has 8 heteroatoms. The van der Waals surface area contributed by atoms with E-state index >= 15 is 0 Å². The van der Waals surface area contributed by atoms with Gasteiger partial charge < -0.3 is 20.1 Å². The first-order chi connectivity index (χ1) is 16.6. The molecule has 4 heterocycles. The van der Waals surface area contributed by atoms with Crippen molar-refractivity contribution in [3.63, 3.8) is 0 Å². The predicted octanol–water partition coefficient (Wildman–Crippen LogP) is 1.99. The molecule has 1 aliphatic carbocycles. The number of carbonyl (C=O) groups is 2. The van der Waals surface area contributed by atoms with Gasteiger partial charge in [0.05, 0.1) is 0 Å². The maximum Gasteiger partial charge on any atom is 0.255 e. The molecule has 2 fully saturated rings. The number of nitrogens with one attached hydrogen (secondary N) is 1. The van der Waals surface area contributed by atoms with Gasteiger partial charge >= 0.3 is 0 Å². The first-order valence-electron chi connectivity index (χ1n) is 12.3. The lowest BCUT2D eigenvalue weighted by atomic mass is 10.0. The highest BCUT2D eigenvalue weighted by molar-refractivity contribution is 6.01. The zero-order valence-corrected chi connectivity index (χ0v) is 19.2. The molecule has 1 aromatic heterocycles. The Bertz CT molecular complexity index is 1120. The number of aromatic nitrogens is 1. The van der Waals surface area contributed by atoms with Crippen LogP contribution in [0.2, 0.25) is 0 Å². The molecule has 1 saturated heterocycles. The number of piperidine rings is 1. The number of rotatable bonds is 4. The van der Waals surface area contributed by atoms with Crippen molar-refractivity contribution in [2.75, 3.05) is 6.54 Å². The zero-order chi connectivity index (χ0) is 23.2. The number of ether oxygens (including phenoxy) is 1. The number of hydrogen-bond donors (Lipinski definition) is 2. The summed E-state index contributed by atoms with van der Waals surface area (Å²) >= 11 is 0. The first kappa shape index (κ1) is 21.6. The number of carbonyl (C=O) groups excluding carboxylic acids is 2. The van der Waals surface area contributed by atoms with Crippen LogP contribution in [0.15, 0.2) is 36.5 Å². The summed E-state index contributed by atoms with van der Waals surface area (Å²) in [5.41, 5.74) is 4.06. The van der Waals surface area contributed by atoms with Crippen LogP contribution in [0.3, 0.4) is 0 Å². The summed E-state index contributed by atoms with van der Waals surface area (Å²) in [5, 5.41) is 12.2. The van der Waals surface area contributed by atoms with Gasteiger partial charge in [-0.25, -0.2) is 0 Å². The zero-order valence-electron chi connectivity index (χ0n) is 19.2. The molecular weight excluding hydrogens is 432 g/mol. The van der Waals surface area contributed by atoms with Crippen LogP contribution < -0.4 is 10.1 Å². The molecule has 8 nitrogen and oxygen atoms in total. The lowest BCUT2D eigenvalue weighted by Gasteiger charge is -2.36. The maximum absolute atomic E-state index is 13.0. The molecule has 0 spiro atoms. The molecule has 178 valence electrons. The topological polar surface area (TPSA) is 95.0 Å². The van der Waals surface area contributed by atoms with E-state index in [0.29, 0.717) is 31.0 Å². The van der Waals surface area contributed by atoms with Crippen LogP contribution in [0.25, 0.3) is 0 Å². The summed E-state index contributed by atoms with van der Waals surface area (Å²) in [4.78, 5) is 34.0. The van der Waals surface area contributed by atoms with Gasteiger partial charge in [0.2, 0.25) is 5.91 Å². The quantitative estimate of drug-likeness (QED) is 0.722. The minimum absolute atomic E-state index is 0.120. The van der Waals surface area contributed by atoms with Crippen molar-refractivity contribution in [3.8, 4) is 5.75 Å². The number of amides is 2. The van der Waals surface area contributed by atoms with E-state index < -0.39 is 12.3 Å². The standard InChI is InChI=1S/C26H30N4O4/c31-24-9-8-22(25(32)28-24)30-15-17-13-18(6-7-19(17)26(30)33)34-23-5-1-4-21(23)29-12-10-20-16(14-29)3-2-11-27-20/h2-3,6-7,11,13,21-24,31H,1,4-5,8-10,12,14-15H2,(H,28,32)/t21-,22?,23-,24?/m0/s1. The molecule has 1 saturated carbocycles. The number of aliphatic hydroxyl groups excluding tert-OH is 1. The molecule has 6 rings (SSSR count). The van der Waals surface area contributed by atoms with Gasteiger partial charge in [0.25, 0.3) is 5.91 Å². The summed E-state index contributed by atoms with van der Waals surface area (Å²) in [5.74, 6) is 0.369. The highest BCUT2D eigenvalue weighted by Crippen LogP contribution is 2.34. The second-order valence-corrected chi connectivity index (χ2v) is 9.85. The highest BCUT2D eigenvalue weighted by Gasteiger charge is 2.40. The fourth-order valence-corrected chi connectivity index (χ4v) is 6.03. The van der Waals surface area contributed by atoms with Crippen LogP contribution in [0.1, 0.15) is 59.3 Å². The van der Waals surface area contributed by atoms with Crippen LogP contribution in [-0.4, -0.2) is 62.7 Å². The monoisotopic (exact) mass is 462 g/mol. The van der Waals surface area contributed by atoms with Crippen molar-refractivity contribution in [1.29, 1.82) is 0 Å². The van der Waals surface area contributed by atoms with Gasteiger partial charge in [-0.3, -0.25) is 19.5 Å². The Morgan fingerprint density at radius 2 is 1.97 bits per heavy atom. The molecule has 4 aliphatic rings. The molecule has 0 radical (unpaired) electrons. The fraction of sp³-hybridized carbons (Fsp3) is 0.500. The molecule has 34 heavy (non-hydrogen) atoms. The Hall–Kier alpha value is -2.97. The van der Waals surface area contributed by atoms with Gasteiger partial charge in [-0.05, 0) is 67.5 Å². The van der Waals surface area contributed by atoms with Crippen molar-refractivity contribution in [3.05, 3.63) is 58.9 Å². The third-order valence-corrected chi connectivity index (χ3v) is 7.78. The predicted molar refractivity (Wildman–Crippen MR) is 124 cm³/mol. The minimum atomic E-state index is -0.826. The minimum Gasteiger partial charge on any atom is -0.489 e. The van der Waals surface area contributed by atoms with Gasteiger partial charge in [0.1, 0.15) is 24.1 Å². The van der Waals surface area contributed by atoms with Crippen LogP contribution in [-0.2, 0) is 24.3 Å². The third-order valence-electron chi connectivity index (χ3n) is 7.78. The van der Waals surface area contributed by atoms with Crippen LogP contribution in [0.4, 0.5) is 0 Å². The molecule has 3 aliphatic heterocycles. The summed E-state index contributed by atoms with van der Waals surface area (Å²) < 4.78 is 6.51. The largest absolute Gasteiger partial charge is 0.489 e. The normalized spacial score (nSPS) is 29.0. The second-order valence-electron chi connectivity index (χ2n) is 9.85. The molecule has 2 amide bonds. The van der Waals surface area contributed by atoms with Crippen LogP contribution in [0, 0.1) is 0 Å². The highest BCUT2D eigenvalue weighted by atomic mass is 16.5. The van der Waals surface area contributed by atoms with E-state index in [9.17, 15) is 14.7 Å². The number of hydrogen-bond acceptors (Lipinski definition) is 6. The molecule has 4 atom stereocenters. The van der Waals surface area contributed by atoms with Gasteiger partial charge in [0, 0.05) is 49.6 Å². The Morgan fingerprint density at radius 3 is 2.85 bits per heavy atom. The van der Waals surface area contributed by atoms with E-state index in [1.807, 2.05) is 30.5 Å².